The Balaban J connectivity index is 0.890. The van der Waals surface area contributed by atoms with Gasteiger partial charge in [-0.05, 0) is 156 Å². The van der Waals surface area contributed by atoms with Crippen LogP contribution in [0.3, 0.4) is 0 Å². The molecule has 0 fully saturated rings. The van der Waals surface area contributed by atoms with Crippen molar-refractivity contribution in [2.75, 3.05) is 9.80 Å². The average molecular weight is 883 g/mol. The second-order valence-corrected chi connectivity index (χ2v) is 18.6. The summed E-state index contributed by atoms with van der Waals surface area (Å²) < 4.78 is 0. The van der Waals surface area contributed by atoms with Gasteiger partial charge in [0.05, 0.1) is 0 Å². The van der Waals surface area contributed by atoms with Gasteiger partial charge in [-0.3, -0.25) is 0 Å². The van der Waals surface area contributed by atoms with Crippen molar-refractivity contribution in [3.63, 3.8) is 0 Å². The molecular formula is C67H50N2. The maximum absolute atomic E-state index is 2.43. The molecule has 0 spiro atoms. The molecule has 1 aliphatic carbocycles. The molecule has 0 saturated carbocycles. The summed E-state index contributed by atoms with van der Waals surface area (Å²) in [6.45, 7) is 4.77. The molecule has 0 N–H and O–H groups in total. The molecule has 12 rings (SSSR count). The Labute approximate surface area is 405 Å². The summed E-state index contributed by atoms with van der Waals surface area (Å²) in [7, 11) is 0. The van der Waals surface area contributed by atoms with Crippen LogP contribution in [0.15, 0.2) is 267 Å². The third-order valence-electron chi connectivity index (χ3n) is 14.0. The number of hydrogen-bond donors (Lipinski definition) is 0. The Hall–Kier alpha value is -8.72. The Morgan fingerprint density at radius 1 is 0.232 bits per heavy atom. The maximum Gasteiger partial charge on any atom is 0.0468 e. The van der Waals surface area contributed by atoms with E-state index in [1.54, 1.807) is 0 Å². The Bertz CT molecular complexity index is 3600. The fraction of sp³-hybridized carbons (Fsp3) is 0.0448. The summed E-state index contributed by atoms with van der Waals surface area (Å²) in [5, 5.41) is 2.44. The molecule has 69 heavy (non-hydrogen) atoms. The highest BCUT2D eigenvalue weighted by Gasteiger charge is 2.37. The highest BCUT2D eigenvalue weighted by atomic mass is 15.1. The van der Waals surface area contributed by atoms with E-state index in [-0.39, 0.29) is 5.41 Å². The standard InChI is InChI=1S/C67H50N2/c1-67(2)65-45-61(68(57-23-10-5-11-24-57)58-34-29-52(30-35-58)51-27-25-50(26-28-51)47-15-6-3-7-16-47)39-41-63(65)64-42-40-62(46-66(64)67)69(60-38-33-49-19-12-13-20-56(49)44-60)59-36-31-53(32-37-59)55-22-14-21-54(43-55)48-17-8-4-9-18-48/h3-46H,1-2H3. The van der Waals surface area contributed by atoms with Crippen molar-refractivity contribution in [3.05, 3.63) is 278 Å². The zero-order chi connectivity index (χ0) is 46.3. The van der Waals surface area contributed by atoms with Crippen LogP contribution in [0.4, 0.5) is 34.1 Å². The van der Waals surface area contributed by atoms with E-state index in [1.165, 1.54) is 77.5 Å². The predicted octanol–water partition coefficient (Wildman–Crippen LogP) is 18.8. The molecule has 0 amide bonds. The predicted molar refractivity (Wildman–Crippen MR) is 293 cm³/mol. The first-order valence-electron chi connectivity index (χ1n) is 23.9. The van der Waals surface area contributed by atoms with Crippen molar-refractivity contribution in [2.45, 2.75) is 19.3 Å². The number of nitrogens with zero attached hydrogens (tertiary/aromatic N) is 2. The van der Waals surface area contributed by atoms with Crippen molar-refractivity contribution in [3.8, 4) is 55.6 Å². The van der Waals surface area contributed by atoms with Crippen LogP contribution in [0.5, 0.6) is 0 Å². The number of rotatable bonds is 10. The van der Waals surface area contributed by atoms with Crippen molar-refractivity contribution >= 4 is 44.9 Å². The first-order valence-corrected chi connectivity index (χ1v) is 23.9. The van der Waals surface area contributed by atoms with Gasteiger partial charge in [0.25, 0.3) is 0 Å². The van der Waals surface area contributed by atoms with E-state index in [4.69, 9.17) is 0 Å². The molecule has 0 radical (unpaired) electrons. The van der Waals surface area contributed by atoms with E-state index in [9.17, 15) is 0 Å². The van der Waals surface area contributed by atoms with Gasteiger partial charge < -0.3 is 9.80 Å². The molecule has 0 atom stereocenters. The molecule has 11 aromatic carbocycles. The molecule has 0 saturated heterocycles. The Morgan fingerprint density at radius 3 is 1.09 bits per heavy atom. The van der Waals surface area contributed by atoms with Crippen LogP contribution in [0.1, 0.15) is 25.0 Å². The van der Waals surface area contributed by atoms with E-state index in [2.05, 4.69) is 291 Å². The Morgan fingerprint density at radius 2 is 0.565 bits per heavy atom. The van der Waals surface area contributed by atoms with Crippen LogP contribution in [0.25, 0.3) is 66.4 Å². The lowest BCUT2D eigenvalue weighted by Crippen LogP contribution is -2.17. The van der Waals surface area contributed by atoms with E-state index in [0.29, 0.717) is 0 Å². The number of hydrogen-bond acceptors (Lipinski definition) is 2. The Kier molecular flexibility index (Phi) is 10.6. The third kappa shape index (κ3) is 7.86. The van der Waals surface area contributed by atoms with E-state index < -0.39 is 0 Å². The molecule has 2 heteroatoms. The second-order valence-electron chi connectivity index (χ2n) is 18.6. The maximum atomic E-state index is 2.43. The number of anilines is 6. The van der Waals surface area contributed by atoms with Crippen molar-refractivity contribution < 1.29 is 0 Å². The molecule has 0 unspecified atom stereocenters. The fourth-order valence-corrected chi connectivity index (χ4v) is 10.4. The number of benzene rings is 11. The lowest BCUT2D eigenvalue weighted by atomic mass is 9.82. The van der Waals surface area contributed by atoms with Gasteiger partial charge in [0.15, 0.2) is 0 Å². The topological polar surface area (TPSA) is 6.48 Å². The summed E-state index contributed by atoms with van der Waals surface area (Å²) >= 11 is 0. The summed E-state index contributed by atoms with van der Waals surface area (Å²) in [5.74, 6) is 0. The van der Waals surface area contributed by atoms with E-state index >= 15 is 0 Å². The first-order chi connectivity index (χ1) is 33.9. The summed E-state index contributed by atoms with van der Waals surface area (Å²) in [4.78, 5) is 4.80. The van der Waals surface area contributed by atoms with Gasteiger partial charge in [-0.1, -0.05) is 202 Å². The number of fused-ring (bicyclic) bond motifs is 4. The highest BCUT2D eigenvalue weighted by molar-refractivity contribution is 5.92. The van der Waals surface area contributed by atoms with Gasteiger partial charge in [-0.15, -0.1) is 0 Å². The van der Waals surface area contributed by atoms with Gasteiger partial charge >= 0.3 is 0 Å². The van der Waals surface area contributed by atoms with E-state index in [0.717, 1.165) is 34.1 Å². The number of para-hydroxylation sites is 1. The summed E-state index contributed by atoms with van der Waals surface area (Å²) in [6, 6.07) is 97.2. The molecule has 0 bridgehead atoms. The lowest BCUT2D eigenvalue weighted by Gasteiger charge is -2.29. The molecule has 11 aromatic rings. The summed E-state index contributed by atoms with van der Waals surface area (Å²) in [6.07, 6.45) is 0. The monoisotopic (exact) mass is 882 g/mol. The van der Waals surface area contributed by atoms with Gasteiger partial charge in [0.2, 0.25) is 0 Å². The molecule has 0 aromatic heterocycles. The molecule has 328 valence electrons. The second kappa shape index (κ2) is 17.5. The molecule has 2 nitrogen and oxygen atoms in total. The fourth-order valence-electron chi connectivity index (χ4n) is 10.4. The van der Waals surface area contributed by atoms with Crippen LogP contribution in [0.2, 0.25) is 0 Å². The minimum atomic E-state index is -0.266. The molecular weight excluding hydrogens is 833 g/mol. The minimum absolute atomic E-state index is 0.266. The quantitative estimate of drug-likeness (QED) is 0.135. The van der Waals surface area contributed by atoms with Gasteiger partial charge in [-0.2, -0.15) is 0 Å². The van der Waals surface area contributed by atoms with Crippen LogP contribution in [0, 0.1) is 0 Å². The van der Waals surface area contributed by atoms with Crippen LogP contribution in [-0.4, -0.2) is 0 Å². The van der Waals surface area contributed by atoms with Crippen LogP contribution in [-0.2, 0) is 5.41 Å². The zero-order valence-electron chi connectivity index (χ0n) is 38.8. The largest absolute Gasteiger partial charge is 0.310 e. The molecule has 0 aliphatic heterocycles. The smallest absolute Gasteiger partial charge is 0.0468 e. The first kappa shape index (κ1) is 41.7. The summed E-state index contributed by atoms with van der Waals surface area (Å²) in [5.41, 5.74) is 21.3. The average Bonchev–Trinajstić information content (AvgIpc) is 3.64. The zero-order valence-corrected chi connectivity index (χ0v) is 38.8. The van der Waals surface area contributed by atoms with Crippen molar-refractivity contribution in [2.24, 2.45) is 0 Å². The van der Waals surface area contributed by atoms with Crippen LogP contribution < -0.4 is 9.80 Å². The molecule has 1 aliphatic rings. The highest BCUT2D eigenvalue weighted by Crippen LogP contribution is 2.53. The SMILES string of the molecule is CC1(C)c2cc(N(c3ccccc3)c3ccc(-c4ccc(-c5ccccc5)cc4)cc3)ccc2-c2ccc(N(c3ccc(-c4cccc(-c5ccccc5)c4)cc3)c3ccc4ccccc4c3)cc21. The van der Waals surface area contributed by atoms with Gasteiger partial charge in [0, 0.05) is 39.5 Å². The lowest BCUT2D eigenvalue weighted by molar-refractivity contribution is 0.660. The van der Waals surface area contributed by atoms with Crippen LogP contribution >= 0.6 is 0 Å². The van der Waals surface area contributed by atoms with E-state index in [1.807, 2.05) is 0 Å². The van der Waals surface area contributed by atoms with Gasteiger partial charge in [-0.25, -0.2) is 0 Å². The minimum Gasteiger partial charge on any atom is -0.310 e. The normalized spacial score (nSPS) is 12.3. The van der Waals surface area contributed by atoms with Crippen molar-refractivity contribution in [1.29, 1.82) is 0 Å². The molecule has 0 heterocycles. The third-order valence-corrected chi connectivity index (χ3v) is 14.0. The van der Waals surface area contributed by atoms with Crippen molar-refractivity contribution in [1.82, 2.24) is 0 Å². The van der Waals surface area contributed by atoms with Gasteiger partial charge in [0.1, 0.15) is 0 Å².